The van der Waals surface area contributed by atoms with Crippen LogP contribution in [0, 0.1) is 0 Å². The summed E-state index contributed by atoms with van der Waals surface area (Å²) >= 11 is 0. The average molecular weight is 519 g/mol. The highest BCUT2D eigenvalue weighted by atomic mass is 19.4. The highest BCUT2D eigenvalue weighted by Crippen LogP contribution is 2.33. The molecule has 3 aromatic heterocycles. The van der Waals surface area contributed by atoms with E-state index in [-0.39, 0.29) is 29.4 Å². The van der Waals surface area contributed by atoms with E-state index >= 15 is 0 Å². The molecule has 0 unspecified atom stereocenters. The van der Waals surface area contributed by atoms with E-state index in [2.05, 4.69) is 15.2 Å². The van der Waals surface area contributed by atoms with Gasteiger partial charge in [-0.3, -0.25) is 4.79 Å². The van der Waals surface area contributed by atoms with Crippen LogP contribution in [0.2, 0.25) is 0 Å². The third kappa shape index (κ3) is 4.89. The van der Waals surface area contributed by atoms with Gasteiger partial charge < -0.3 is 4.90 Å². The largest absolute Gasteiger partial charge is 0.433 e. The summed E-state index contributed by atoms with van der Waals surface area (Å²) in [4.78, 5) is 19.2. The van der Waals surface area contributed by atoms with E-state index in [1.807, 2.05) is 62.5 Å². The molecule has 0 saturated heterocycles. The van der Waals surface area contributed by atoms with Gasteiger partial charge in [0.1, 0.15) is 5.56 Å². The van der Waals surface area contributed by atoms with Crippen LogP contribution in [0.25, 0.3) is 22.6 Å². The molecule has 2 aromatic carbocycles. The van der Waals surface area contributed by atoms with Crippen LogP contribution in [0.4, 0.5) is 13.2 Å². The van der Waals surface area contributed by atoms with E-state index in [0.29, 0.717) is 10.1 Å². The quantitative estimate of drug-likeness (QED) is 0.277. The van der Waals surface area contributed by atoms with E-state index in [1.54, 1.807) is 30.1 Å². The molecule has 0 saturated carbocycles. The van der Waals surface area contributed by atoms with Gasteiger partial charge in [0.15, 0.2) is 11.3 Å². The zero-order valence-corrected chi connectivity index (χ0v) is 21.0. The van der Waals surface area contributed by atoms with Crippen molar-refractivity contribution in [2.75, 3.05) is 7.05 Å². The molecule has 38 heavy (non-hydrogen) atoms. The Balaban J connectivity index is 1.47. The minimum atomic E-state index is -4.69. The van der Waals surface area contributed by atoms with Crippen LogP contribution in [0.3, 0.4) is 0 Å². The standard InChI is InChI=1S/C28H25F3N6O/c1-18(2)20-7-9-21(10-8-20)24-15-25(28(29,30)31)37-26(34-24)23(16-33-37)27(38)35(3)17-19-5-11-22(12-6-19)36-14-4-13-32-36/h4-16,18H,17H2,1-3H3. The van der Waals surface area contributed by atoms with Gasteiger partial charge in [-0.1, -0.05) is 50.2 Å². The highest BCUT2D eigenvalue weighted by Gasteiger charge is 2.36. The van der Waals surface area contributed by atoms with Crippen molar-refractivity contribution in [3.8, 4) is 16.9 Å². The lowest BCUT2D eigenvalue weighted by Crippen LogP contribution is -2.26. The number of carbonyl (C=O) groups excluding carboxylic acids is 1. The first-order valence-corrected chi connectivity index (χ1v) is 12.0. The van der Waals surface area contributed by atoms with E-state index in [4.69, 9.17) is 0 Å². The molecular formula is C28H25F3N6O. The summed E-state index contributed by atoms with van der Waals surface area (Å²) in [6.07, 6.45) is -0.0445. The molecule has 7 nitrogen and oxygen atoms in total. The van der Waals surface area contributed by atoms with E-state index in [0.717, 1.165) is 29.1 Å². The topological polar surface area (TPSA) is 68.3 Å². The van der Waals surface area contributed by atoms with Crippen LogP contribution in [-0.2, 0) is 12.7 Å². The fourth-order valence-electron chi connectivity index (χ4n) is 4.23. The lowest BCUT2D eigenvalue weighted by atomic mass is 10.0. The lowest BCUT2D eigenvalue weighted by molar-refractivity contribution is -0.142. The van der Waals surface area contributed by atoms with Crippen LogP contribution < -0.4 is 0 Å². The number of halogens is 3. The maximum absolute atomic E-state index is 14.0. The molecule has 5 rings (SSSR count). The van der Waals surface area contributed by atoms with Gasteiger partial charge in [-0.2, -0.15) is 23.4 Å². The average Bonchev–Trinajstić information content (AvgIpc) is 3.58. The van der Waals surface area contributed by atoms with Crippen molar-refractivity contribution in [3.05, 3.63) is 102 Å². The van der Waals surface area contributed by atoms with Gasteiger partial charge in [0, 0.05) is 31.5 Å². The van der Waals surface area contributed by atoms with Crippen molar-refractivity contribution in [1.82, 2.24) is 29.3 Å². The zero-order valence-electron chi connectivity index (χ0n) is 21.0. The van der Waals surface area contributed by atoms with Crippen molar-refractivity contribution >= 4 is 11.6 Å². The molecule has 10 heteroatoms. The van der Waals surface area contributed by atoms with Crippen molar-refractivity contribution in [1.29, 1.82) is 0 Å². The molecule has 0 aliphatic heterocycles. The number of benzene rings is 2. The molecule has 0 N–H and O–H groups in total. The second kappa shape index (κ2) is 9.77. The molecule has 5 aromatic rings. The van der Waals surface area contributed by atoms with Gasteiger partial charge >= 0.3 is 6.18 Å². The summed E-state index contributed by atoms with van der Waals surface area (Å²) in [5, 5.41) is 8.07. The summed E-state index contributed by atoms with van der Waals surface area (Å²) in [6, 6.07) is 17.5. The first kappa shape index (κ1) is 25.2. The second-order valence-corrected chi connectivity index (χ2v) is 9.37. The minimum Gasteiger partial charge on any atom is -0.337 e. The summed E-state index contributed by atoms with van der Waals surface area (Å²) < 4.78 is 44.4. The molecule has 0 radical (unpaired) electrons. The van der Waals surface area contributed by atoms with Crippen molar-refractivity contribution in [2.45, 2.75) is 32.5 Å². The number of alkyl halides is 3. The lowest BCUT2D eigenvalue weighted by Gasteiger charge is -2.17. The molecule has 0 fully saturated rings. The molecule has 3 heterocycles. The smallest absolute Gasteiger partial charge is 0.337 e. The van der Waals surface area contributed by atoms with Crippen molar-refractivity contribution in [2.24, 2.45) is 0 Å². The second-order valence-electron chi connectivity index (χ2n) is 9.37. The van der Waals surface area contributed by atoms with E-state index in [1.165, 1.54) is 4.90 Å². The Hall–Kier alpha value is -4.47. The third-order valence-corrected chi connectivity index (χ3v) is 6.34. The van der Waals surface area contributed by atoms with Gasteiger partial charge in [0.2, 0.25) is 0 Å². The third-order valence-electron chi connectivity index (χ3n) is 6.34. The number of carbonyl (C=O) groups is 1. The van der Waals surface area contributed by atoms with Crippen LogP contribution >= 0.6 is 0 Å². The first-order valence-electron chi connectivity index (χ1n) is 12.0. The Morgan fingerprint density at radius 2 is 1.74 bits per heavy atom. The maximum atomic E-state index is 14.0. The number of hydrogen-bond acceptors (Lipinski definition) is 4. The Kier molecular flexibility index (Phi) is 6.48. The Bertz CT molecular complexity index is 1570. The number of fused-ring (bicyclic) bond motifs is 1. The van der Waals surface area contributed by atoms with Gasteiger partial charge in [-0.15, -0.1) is 0 Å². The molecule has 0 aliphatic carbocycles. The Labute approximate surface area is 217 Å². The SMILES string of the molecule is CC(C)c1ccc(-c2cc(C(F)(F)F)n3ncc(C(=O)N(C)Cc4ccc(-n5cccn5)cc4)c3n2)cc1. The molecule has 0 aliphatic rings. The van der Waals surface area contributed by atoms with Crippen molar-refractivity contribution in [3.63, 3.8) is 0 Å². The van der Waals surface area contributed by atoms with E-state index < -0.39 is 17.8 Å². The van der Waals surface area contributed by atoms with Crippen LogP contribution in [0.15, 0.2) is 79.3 Å². The van der Waals surface area contributed by atoms with Gasteiger partial charge in [-0.05, 0) is 41.3 Å². The normalized spacial score (nSPS) is 11.9. The minimum absolute atomic E-state index is 0.00758. The zero-order chi connectivity index (χ0) is 27.0. The fourth-order valence-corrected chi connectivity index (χ4v) is 4.23. The van der Waals surface area contributed by atoms with Crippen LogP contribution in [0.5, 0.6) is 0 Å². The van der Waals surface area contributed by atoms with E-state index in [9.17, 15) is 18.0 Å². The van der Waals surface area contributed by atoms with Crippen LogP contribution in [0.1, 0.15) is 46.9 Å². The van der Waals surface area contributed by atoms with Gasteiger partial charge in [0.05, 0.1) is 17.6 Å². The molecule has 194 valence electrons. The number of amides is 1. The number of hydrogen-bond donors (Lipinski definition) is 0. The van der Waals surface area contributed by atoms with Gasteiger partial charge in [-0.25, -0.2) is 14.2 Å². The Morgan fingerprint density at radius 1 is 1.03 bits per heavy atom. The van der Waals surface area contributed by atoms with Gasteiger partial charge in [0.25, 0.3) is 5.91 Å². The molecule has 1 amide bonds. The summed E-state index contributed by atoms with van der Waals surface area (Å²) in [5.74, 6) is -0.203. The summed E-state index contributed by atoms with van der Waals surface area (Å²) in [5.41, 5.74) is 2.27. The molecule has 0 atom stereocenters. The van der Waals surface area contributed by atoms with Crippen LogP contribution in [-0.4, -0.2) is 42.2 Å². The monoisotopic (exact) mass is 518 g/mol. The number of aromatic nitrogens is 5. The molecular weight excluding hydrogens is 493 g/mol. The maximum Gasteiger partial charge on any atom is 0.433 e. The molecule has 0 spiro atoms. The summed E-state index contributed by atoms with van der Waals surface area (Å²) in [6.45, 7) is 4.32. The predicted octanol–water partition coefficient (Wildman–Crippen LogP) is 6.00. The summed E-state index contributed by atoms with van der Waals surface area (Å²) in [7, 11) is 1.59. The van der Waals surface area contributed by atoms with Crippen molar-refractivity contribution < 1.29 is 18.0 Å². The molecule has 0 bridgehead atoms. The predicted molar refractivity (Wildman–Crippen MR) is 137 cm³/mol. The number of rotatable bonds is 6. The highest BCUT2D eigenvalue weighted by molar-refractivity contribution is 5.99. The first-order chi connectivity index (χ1) is 18.1. The fraction of sp³-hybridized carbons (Fsp3) is 0.214. The Morgan fingerprint density at radius 3 is 2.34 bits per heavy atom. The number of nitrogens with zero attached hydrogens (tertiary/aromatic N) is 6.